The van der Waals surface area contributed by atoms with Crippen molar-refractivity contribution >= 4 is 11.8 Å². The Hall–Kier alpha value is 0.240. The van der Waals surface area contributed by atoms with Crippen molar-refractivity contribution in [2.75, 3.05) is 18.8 Å². The number of rotatable bonds is 3. The molecular weight excluding hydrogens is 161 g/mol. The summed E-state index contributed by atoms with van der Waals surface area (Å²) in [6.07, 6.45) is 1.77. The molecule has 0 aromatic rings. The van der Waals surface area contributed by atoms with Gasteiger partial charge in [-0.15, -0.1) is 0 Å². The minimum absolute atomic E-state index is 0.644. The van der Waals surface area contributed by atoms with E-state index in [1.54, 1.807) is 18.7 Å². The van der Waals surface area contributed by atoms with E-state index in [2.05, 4.69) is 5.32 Å². The highest BCUT2D eigenvalue weighted by atomic mass is 32.2. The summed E-state index contributed by atoms with van der Waals surface area (Å²) in [5, 5.41) is 4.00. The third kappa shape index (κ3) is 3.97. The minimum Gasteiger partial charge on any atom is -0.317 e. The van der Waals surface area contributed by atoms with Gasteiger partial charge in [0.15, 0.2) is 0 Å². The highest BCUT2D eigenvalue weighted by Crippen LogP contribution is 2.21. The van der Waals surface area contributed by atoms with Gasteiger partial charge in [0.25, 0.3) is 0 Å². The number of hydrogen-bond donors (Lipinski definition) is 1. The van der Waals surface area contributed by atoms with Crippen LogP contribution in [0.2, 0.25) is 0 Å². The molecule has 1 rings (SSSR count). The second-order valence-electron chi connectivity index (χ2n) is 3.06. The molecule has 0 bridgehead atoms. The van der Waals surface area contributed by atoms with Crippen LogP contribution in [0, 0.1) is 0 Å². The zero-order valence-corrected chi connectivity index (χ0v) is 7.79. The van der Waals surface area contributed by atoms with Gasteiger partial charge >= 0.3 is 0 Å². The van der Waals surface area contributed by atoms with Crippen molar-refractivity contribution in [3.63, 3.8) is 0 Å². The molecule has 0 aliphatic carbocycles. The summed E-state index contributed by atoms with van der Waals surface area (Å²) >= 11 is 1.79. The van der Waals surface area contributed by atoms with E-state index in [9.17, 15) is 4.39 Å². The third-order valence-corrected chi connectivity index (χ3v) is 3.44. The van der Waals surface area contributed by atoms with Gasteiger partial charge in [-0.05, 0) is 32.9 Å². The molecule has 0 radical (unpaired) electrons. The van der Waals surface area contributed by atoms with E-state index in [0.29, 0.717) is 11.0 Å². The lowest BCUT2D eigenvalue weighted by molar-refractivity contribution is 0.397. The van der Waals surface area contributed by atoms with Crippen molar-refractivity contribution in [1.82, 2.24) is 5.32 Å². The lowest BCUT2D eigenvalue weighted by Gasteiger charge is -2.22. The SMILES string of the molecule is CC(F)CSC1CCNCC1. The maximum Gasteiger partial charge on any atom is 0.106 e. The van der Waals surface area contributed by atoms with Crippen LogP contribution in [0.3, 0.4) is 0 Å². The van der Waals surface area contributed by atoms with Crippen LogP contribution in [0.25, 0.3) is 0 Å². The van der Waals surface area contributed by atoms with Crippen LogP contribution in [-0.4, -0.2) is 30.3 Å². The van der Waals surface area contributed by atoms with Crippen LogP contribution in [0.1, 0.15) is 19.8 Å². The van der Waals surface area contributed by atoms with Crippen molar-refractivity contribution in [2.24, 2.45) is 0 Å². The number of thioether (sulfide) groups is 1. The zero-order chi connectivity index (χ0) is 8.10. The normalized spacial score (nSPS) is 23.5. The molecule has 3 heteroatoms. The van der Waals surface area contributed by atoms with Crippen molar-refractivity contribution in [3.05, 3.63) is 0 Å². The summed E-state index contributed by atoms with van der Waals surface area (Å²) in [5.41, 5.74) is 0. The largest absolute Gasteiger partial charge is 0.317 e. The molecule has 1 fully saturated rings. The predicted octanol–water partition coefficient (Wildman–Crippen LogP) is 1.83. The van der Waals surface area contributed by atoms with E-state index in [4.69, 9.17) is 0 Å². The van der Waals surface area contributed by atoms with Crippen LogP contribution in [-0.2, 0) is 0 Å². The minimum atomic E-state index is -0.644. The van der Waals surface area contributed by atoms with Gasteiger partial charge in [-0.2, -0.15) is 11.8 Å². The third-order valence-electron chi connectivity index (χ3n) is 1.85. The van der Waals surface area contributed by atoms with Gasteiger partial charge in [0.05, 0.1) is 0 Å². The molecule has 1 atom stereocenters. The van der Waals surface area contributed by atoms with Crippen LogP contribution < -0.4 is 5.32 Å². The first-order valence-corrected chi connectivity index (χ1v) is 5.30. The Morgan fingerprint density at radius 3 is 2.73 bits per heavy atom. The summed E-state index contributed by atoms with van der Waals surface area (Å²) in [4.78, 5) is 0. The maximum atomic E-state index is 12.4. The summed E-state index contributed by atoms with van der Waals surface area (Å²) < 4.78 is 12.4. The molecule has 1 unspecified atom stereocenters. The summed E-state index contributed by atoms with van der Waals surface area (Å²) in [7, 11) is 0. The van der Waals surface area contributed by atoms with E-state index in [1.165, 1.54) is 12.8 Å². The van der Waals surface area contributed by atoms with Gasteiger partial charge in [-0.1, -0.05) is 0 Å². The van der Waals surface area contributed by atoms with Gasteiger partial charge in [0.2, 0.25) is 0 Å². The molecule has 1 N–H and O–H groups in total. The summed E-state index contributed by atoms with van der Waals surface area (Å²) in [6, 6.07) is 0. The monoisotopic (exact) mass is 177 g/mol. The molecule has 0 spiro atoms. The van der Waals surface area contributed by atoms with Crippen molar-refractivity contribution in [3.8, 4) is 0 Å². The first-order chi connectivity index (χ1) is 5.29. The van der Waals surface area contributed by atoms with Gasteiger partial charge < -0.3 is 5.32 Å². The van der Waals surface area contributed by atoms with E-state index in [-0.39, 0.29) is 0 Å². The fraction of sp³-hybridized carbons (Fsp3) is 1.00. The molecular formula is C8H16FNS. The van der Waals surface area contributed by atoms with Crippen LogP contribution in [0.5, 0.6) is 0 Å². The Morgan fingerprint density at radius 1 is 1.55 bits per heavy atom. The van der Waals surface area contributed by atoms with Gasteiger partial charge in [-0.25, -0.2) is 4.39 Å². The highest BCUT2D eigenvalue weighted by Gasteiger charge is 2.13. The standard InChI is InChI=1S/C8H16FNS/c1-7(9)6-11-8-2-4-10-5-3-8/h7-8,10H,2-6H2,1H3. The Kier molecular flexibility index (Phi) is 4.23. The number of alkyl halides is 1. The second kappa shape index (κ2) is 4.99. The van der Waals surface area contributed by atoms with Crippen LogP contribution in [0.4, 0.5) is 4.39 Å². The van der Waals surface area contributed by atoms with Gasteiger partial charge in [0, 0.05) is 11.0 Å². The van der Waals surface area contributed by atoms with Crippen LogP contribution >= 0.6 is 11.8 Å². The topological polar surface area (TPSA) is 12.0 Å². The fourth-order valence-corrected chi connectivity index (χ4v) is 2.34. The fourth-order valence-electron chi connectivity index (χ4n) is 1.23. The van der Waals surface area contributed by atoms with Crippen molar-refractivity contribution < 1.29 is 4.39 Å². The Labute approximate surface area is 72.1 Å². The van der Waals surface area contributed by atoms with E-state index in [1.807, 2.05) is 0 Å². The van der Waals surface area contributed by atoms with E-state index in [0.717, 1.165) is 13.1 Å². The van der Waals surface area contributed by atoms with Gasteiger partial charge in [-0.3, -0.25) is 0 Å². The molecule has 11 heavy (non-hydrogen) atoms. The molecule has 1 aliphatic heterocycles. The first-order valence-electron chi connectivity index (χ1n) is 4.25. The van der Waals surface area contributed by atoms with E-state index < -0.39 is 6.17 Å². The Morgan fingerprint density at radius 2 is 2.18 bits per heavy atom. The highest BCUT2D eigenvalue weighted by molar-refractivity contribution is 7.99. The Balaban J connectivity index is 2.05. The smallest absolute Gasteiger partial charge is 0.106 e. The molecule has 1 saturated heterocycles. The molecule has 66 valence electrons. The lowest BCUT2D eigenvalue weighted by atomic mass is 10.2. The summed E-state index contributed by atoms with van der Waals surface area (Å²) in [5.74, 6) is 0.671. The summed E-state index contributed by atoms with van der Waals surface area (Å²) in [6.45, 7) is 3.85. The average Bonchev–Trinajstić information content (AvgIpc) is 2.03. The van der Waals surface area contributed by atoms with E-state index >= 15 is 0 Å². The number of piperidine rings is 1. The zero-order valence-electron chi connectivity index (χ0n) is 6.98. The maximum absolute atomic E-state index is 12.4. The molecule has 1 aliphatic rings. The number of halogens is 1. The molecule has 0 aromatic heterocycles. The molecule has 0 saturated carbocycles. The first kappa shape index (κ1) is 9.33. The lowest BCUT2D eigenvalue weighted by Crippen LogP contribution is -2.29. The van der Waals surface area contributed by atoms with Crippen molar-refractivity contribution in [2.45, 2.75) is 31.2 Å². The Bertz CT molecular complexity index is 102. The quantitative estimate of drug-likeness (QED) is 0.706. The second-order valence-corrected chi connectivity index (χ2v) is 4.40. The molecule has 1 heterocycles. The number of hydrogen-bond acceptors (Lipinski definition) is 2. The van der Waals surface area contributed by atoms with Crippen molar-refractivity contribution in [1.29, 1.82) is 0 Å². The molecule has 1 nitrogen and oxygen atoms in total. The predicted molar refractivity (Wildman–Crippen MR) is 48.9 cm³/mol. The average molecular weight is 177 g/mol. The van der Waals surface area contributed by atoms with Crippen LogP contribution in [0.15, 0.2) is 0 Å². The molecule has 0 amide bonds. The van der Waals surface area contributed by atoms with Gasteiger partial charge in [0.1, 0.15) is 6.17 Å². The number of nitrogens with one attached hydrogen (secondary N) is 1. The molecule has 0 aromatic carbocycles.